The highest BCUT2D eigenvalue weighted by Gasteiger charge is 1.94. The van der Waals surface area contributed by atoms with Crippen molar-refractivity contribution in [2.24, 2.45) is 5.73 Å². The lowest BCUT2D eigenvalue weighted by Crippen LogP contribution is -2.26. The van der Waals surface area contributed by atoms with Crippen molar-refractivity contribution in [1.82, 2.24) is 4.90 Å². The first-order valence-electron chi connectivity index (χ1n) is 4.30. The van der Waals surface area contributed by atoms with Gasteiger partial charge < -0.3 is 15.7 Å². The lowest BCUT2D eigenvalue weighted by molar-refractivity contribution is 0.274. The van der Waals surface area contributed by atoms with Gasteiger partial charge in [0, 0.05) is 19.7 Å². The quantitative estimate of drug-likeness (QED) is 0.517. The minimum Gasteiger partial charge on any atom is -0.396 e. The average molecular weight is 160 g/mol. The van der Waals surface area contributed by atoms with E-state index in [-0.39, 0.29) is 0 Å². The second-order valence-electron chi connectivity index (χ2n) is 2.88. The fraction of sp³-hybridized carbons (Fsp3) is 1.00. The van der Waals surface area contributed by atoms with Crippen molar-refractivity contribution >= 4 is 0 Å². The van der Waals surface area contributed by atoms with Gasteiger partial charge in [-0.3, -0.25) is 0 Å². The third kappa shape index (κ3) is 7.78. The molecule has 0 radical (unpaired) electrons. The summed E-state index contributed by atoms with van der Waals surface area (Å²) in [7, 11) is 2.08. The number of rotatable bonds is 7. The van der Waals surface area contributed by atoms with E-state index in [0.717, 1.165) is 38.9 Å². The molecule has 3 nitrogen and oxygen atoms in total. The molecule has 0 aliphatic carbocycles. The minimum atomic E-state index is 0.320. The van der Waals surface area contributed by atoms with Crippen LogP contribution in [0.25, 0.3) is 0 Å². The summed E-state index contributed by atoms with van der Waals surface area (Å²) in [5.74, 6) is 0. The zero-order valence-corrected chi connectivity index (χ0v) is 7.42. The first kappa shape index (κ1) is 10.9. The van der Waals surface area contributed by atoms with Crippen molar-refractivity contribution in [2.45, 2.75) is 19.3 Å². The molecule has 0 aliphatic rings. The third-order valence-corrected chi connectivity index (χ3v) is 1.71. The molecule has 0 bridgehead atoms. The number of hydrogen-bond donors (Lipinski definition) is 2. The molecule has 0 aromatic heterocycles. The second-order valence-corrected chi connectivity index (χ2v) is 2.88. The molecule has 0 amide bonds. The maximum absolute atomic E-state index is 8.50. The summed E-state index contributed by atoms with van der Waals surface area (Å²) in [5, 5.41) is 8.50. The smallest absolute Gasteiger partial charge is 0.0431 e. The SMILES string of the molecule is CN(CCN)CCCCCO. The first-order valence-corrected chi connectivity index (χ1v) is 4.30. The van der Waals surface area contributed by atoms with Crippen LogP contribution in [0.4, 0.5) is 0 Å². The van der Waals surface area contributed by atoms with Crippen LogP contribution < -0.4 is 5.73 Å². The molecule has 0 saturated heterocycles. The minimum absolute atomic E-state index is 0.320. The Bertz CT molecular complexity index is 78.5. The number of nitrogens with two attached hydrogens (primary N) is 1. The van der Waals surface area contributed by atoms with E-state index < -0.39 is 0 Å². The molecule has 68 valence electrons. The topological polar surface area (TPSA) is 49.5 Å². The highest BCUT2D eigenvalue weighted by Crippen LogP contribution is 1.95. The van der Waals surface area contributed by atoms with Crippen molar-refractivity contribution in [3.63, 3.8) is 0 Å². The van der Waals surface area contributed by atoms with Gasteiger partial charge in [0.25, 0.3) is 0 Å². The van der Waals surface area contributed by atoms with Crippen LogP contribution in [-0.2, 0) is 0 Å². The maximum Gasteiger partial charge on any atom is 0.0431 e. The first-order chi connectivity index (χ1) is 5.31. The molecule has 0 aromatic carbocycles. The summed E-state index contributed by atoms with van der Waals surface area (Å²) in [6.45, 7) is 3.12. The molecular weight excluding hydrogens is 140 g/mol. The Labute approximate surface area is 69.2 Å². The third-order valence-electron chi connectivity index (χ3n) is 1.71. The van der Waals surface area contributed by atoms with Crippen LogP contribution >= 0.6 is 0 Å². The fourth-order valence-corrected chi connectivity index (χ4v) is 1.00. The van der Waals surface area contributed by atoms with Crippen molar-refractivity contribution < 1.29 is 5.11 Å². The summed E-state index contributed by atoms with van der Waals surface area (Å²) in [6, 6.07) is 0. The monoisotopic (exact) mass is 160 g/mol. The van der Waals surface area contributed by atoms with Crippen LogP contribution in [0, 0.1) is 0 Å². The van der Waals surface area contributed by atoms with Gasteiger partial charge in [-0.1, -0.05) is 0 Å². The van der Waals surface area contributed by atoms with Gasteiger partial charge in [-0.15, -0.1) is 0 Å². The number of unbranched alkanes of at least 4 members (excludes halogenated alkanes) is 2. The summed E-state index contributed by atoms with van der Waals surface area (Å²) in [6.07, 6.45) is 3.21. The highest BCUT2D eigenvalue weighted by atomic mass is 16.2. The van der Waals surface area contributed by atoms with Crippen molar-refractivity contribution in [1.29, 1.82) is 0 Å². The lowest BCUT2D eigenvalue weighted by atomic mass is 10.2. The summed E-state index contributed by atoms with van der Waals surface area (Å²) in [5.41, 5.74) is 5.38. The number of aliphatic hydroxyl groups is 1. The molecule has 3 heteroatoms. The van der Waals surface area contributed by atoms with Gasteiger partial charge in [-0.05, 0) is 32.9 Å². The molecule has 0 saturated carbocycles. The molecule has 0 aliphatic heterocycles. The standard InChI is InChI=1S/C8H20N2O/c1-10(7-5-9)6-3-2-4-8-11/h11H,2-9H2,1H3. The lowest BCUT2D eigenvalue weighted by Gasteiger charge is -2.14. The number of aliphatic hydroxyl groups excluding tert-OH is 1. The zero-order chi connectivity index (χ0) is 8.53. The number of hydrogen-bond acceptors (Lipinski definition) is 3. The normalized spacial score (nSPS) is 10.9. The molecule has 0 spiro atoms. The Kier molecular flexibility index (Phi) is 7.89. The fourth-order valence-electron chi connectivity index (χ4n) is 1.00. The Morgan fingerprint density at radius 1 is 1.18 bits per heavy atom. The van der Waals surface area contributed by atoms with E-state index in [9.17, 15) is 0 Å². The summed E-state index contributed by atoms with van der Waals surface area (Å²) < 4.78 is 0. The highest BCUT2D eigenvalue weighted by molar-refractivity contribution is 4.51. The van der Waals surface area contributed by atoms with E-state index in [1.54, 1.807) is 0 Å². The molecular formula is C8H20N2O. The average Bonchev–Trinajstić information content (AvgIpc) is 1.99. The largest absolute Gasteiger partial charge is 0.396 e. The zero-order valence-electron chi connectivity index (χ0n) is 7.42. The van der Waals surface area contributed by atoms with Crippen LogP contribution in [0.5, 0.6) is 0 Å². The van der Waals surface area contributed by atoms with E-state index in [1.807, 2.05) is 0 Å². The van der Waals surface area contributed by atoms with E-state index in [2.05, 4.69) is 11.9 Å². The molecule has 0 atom stereocenters. The molecule has 0 fully saturated rings. The van der Waals surface area contributed by atoms with Gasteiger partial charge in [0.15, 0.2) is 0 Å². The predicted octanol–water partition coefficient (Wildman–Crippen LogP) is 0.0395. The van der Waals surface area contributed by atoms with Gasteiger partial charge in [0.2, 0.25) is 0 Å². The van der Waals surface area contributed by atoms with E-state index >= 15 is 0 Å². The van der Waals surface area contributed by atoms with E-state index in [4.69, 9.17) is 10.8 Å². The van der Waals surface area contributed by atoms with Crippen molar-refractivity contribution in [2.75, 3.05) is 33.3 Å². The van der Waals surface area contributed by atoms with E-state index in [0.29, 0.717) is 6.61 Å². The van der Waals surface area contributed by atoms with Crippen LogP contribution in [-0.4, -0.2) is 43.3 Å². The molecule has 0 unspecified atom stereocenters. The van der Waals surface area contributed by atoms with Crippen LogP contribution in [0.15, 0.2) is 0 Å². The molecule has 11 heavy (non-hydrogen) atoms. The summed E-state index contributed by atoms with van der Waals surface area (Å²) >= 11 is 0. The molecule has 3 N–H and O–H groups in total. The predicted molar refractivity (Wildman–Crippen MR) is 47.5 cm³/mol. The van der Waals surface area contributed by atoms with Crippen molar-refractivity contribution in [3.05, 3.63) is 0 Å². The Hall–Kier alpha value is -0.120. The summed E-state index contributed by atoms with van der Waals surface area (Å²) in [4.78, 5) is 2.22. The number of nitrogens with zero attached hydrogens (tertiary/aromatic N) is 1. The Morgan fingerprint density at radius 3 is 2.45 bits per heavy atom. The Balaban J connectivity index is 2.97. The Morgan fingerprint density at radius 2 is 1.91 bits per heavy atom. The second kappa shape index (κ2) is 7.98. The maximum atomic E-state index is 8.50. The van der Waals surface area contributed by atoms with Crippen LogP contribution in [0.2, 0.25) is 0 Å². The van der Waals surface area contributed by atoms with E-state index in [1.165, 1.54) is 0 Å². The van der Waals surface area contributed by atoms with Gasteiger partial charge in [-0.25, -0.2) is 0 Å². The molecule has 0 aromatic rings. The van der Waals surface area contributed by atoms with Crippen molar-refractivity contribution in [3.8, 4) is 0 Å². The van der Waals surface area contributed by atoms with Gasteiger partial charge in [0.05, 0.1) is 0 Å². The van der Waals surface area contributed by atoms with Gasteiger partial charge >= 0.3 is 0 Å². The van der Waals surface area contributed by atoms with Crippen LogP contribution in [0.1, 0.15) is 19.3 Å². The molecule has 0 heterocycles. The van der Waals surface area contributed by atoms with Gasteiger partial charge in [-0.2, -0.15) is 0 Å². The van der Waals surface area contributed by atoms with Crippen LogP contribution in [0.3, 0.4) is 0 Å². The molecule has 0 rings (SSSR count). The number of likely N-dealkylation sites (N-methyl/N-ethyl adjacent to an activating group) is 1. The van der Waals surface area contributed by atoms with Gasteiger partial charge in [0.1, 0.15) is 0 Å².